The number of hydrogen-bond donors (Lipinski definition) is 1. The van der Waals surface area contributed by atoms with Crippen LogP contribution in [-0.4, -0.2) is 24.6 Å². The molecule has 4 heteroatoms. The van der Waals surface area contributed by atoms with E-state index in [-0.39, 0.29) is 0 Å². The number of halogens is 1. The molecule has 1 unspecified atom stereocenters. The van der Waals surface area contributed by atoms with Gasteiger partial charge in [-0.15, -0.1) is 0 Å². The molecule has 1 aliphatic carbocycles. The first-order valence-corrected chi connectivity index (χ1v) is 7.50. The highest BCUT2D eigenvalue weighted by Gasteiger charge is 2.31. The quantitative estimate of drug-likeness (QED) is 0.874. The van der Waals surface area contributed by atoms with Gasteiger partial charge in [0, 0.05) is 35.9 Å². The number of nitrogens with one attached hydrogen (secondary N) is 1. The highest BCUT2D eigenvalue weighted by atomic mass is 79.9. The standard InChI is InChI=1S/C14H22BrN3/c1-4-16-8-12-7-13(15)9-17-14(12)18(3)10(2)11-5-6-11/h7,9-11,16H,4-6,8H2,1-3H3. The fourth-order valence-corrected chi connectivity index (χ4v) is 2.65. The van der Waals surface area contributed by atoms with E-state index in [4.69, 9.17) is 0 Å². The van der Waals surface area contributed by atoms with Crippen LogP contribution < -0.4 is 10.2 Å². The molecule has 1 saturated carbocycles. The fourth-order valence-electron chi connectivity index (χ4n) is 2.27. The lowest BCUT2D eigenvalue weighted by atomic mass is 10.1. The molecule has 1 heterocycles. The largest absolute Gasteiger partial charge is 0.356 e. The minimum Gasteiger partial charge on any atom is -0.356 e. The second kappa shape index (κ2) is 6.02. The van der Waals surface area contributed by atoms with E-state index in [1.807, 2.05) is 6.20 Å². The van der Waals surface area contributed by atoms with Crippen LogP contribution >= 0.6 is 15.9 Å². The van der Waals surface area contributed by atoms with E-state index in [2.05, 4.69) is 58.1 Å². The first-order chi connectivity index (χ1) is 8.63. The molecule has 0 spiro atoms. The van der Waals surface area contributed by atoms with Crippen LogP contribution in [0, 0.1) is 5.92 Å². The van der Waals surface area contributed by atoms with E-state index in [1.54, 1.807) is 0 Å². The van der Waals surface area contributed by atoms with E-state index in [0.717, 1.165) is 29.3 Å². The van der Waals surface area contributed by atoms with Gasteiger partial charge in [-0.25, -0.2) is 4.98 Å². The topological polar surface area (TPSA) is 28.2 Å². The zero-order chi connectivity index (χ0) is 13.1. The van der Waals surface area contributed by atoms with Crippen molar-refractivity contribution < 1.29 is 0 Å². The summed E-state index contributed by atoms with van der Waals surface area (Å²) in [5.41, 5.74) is 1.27. The molecule has 3 nitrogen and oxygen atoms in total. The lowest BCUT2D eigenvalue weighted by Crippen LogP contribution is -2.32. The minimum absolute atomic E-state index is 0.582. The van der Waals surface area contributed by atoms with E-state index >= 15 is 0 Å². The molecule has 1 aliphatic rings. The molecular weight excluding hydrogens is 290 g/mol. The van der Waals surface area contributed by atoms with Gasteiger partial charge in [-0.2, -0.15) is 0 Å². The molecule has 1 atom stereocenters. The smallest absolute Gasteiger partial charge is 0.133 e. The Morgan fingerprint density at radius 1 is 1.56 bits per heavy atom. The van der Waals surface area contributed by atoms with Crippen LogP contribution in [0.4, 0.5) is 5.82 Å². The highest BCUT2D eigenvalue weighted by Crippen LogP contribution is 2.36. The average molecular weight is 312 g/mol. The summed E-state index contributed by atoms with van der Waals surface area (Å²) in [5, 5.41) is 3.38. The Bertz CT molecular complexity index is 404. The van der Waals surface area contributed by atoms with E-state index in [1.165, 1.54) is 18.4 Å². The molecule has 1 aromatic rings. The zero-order valence-electron chi connectivity index (χ0n) is 11.4. The van der Waals surface area contributed by atoms with Gasteiger partial charge in [-0.05, 0) is 54.2 Å². The summed E-state index contributed by atoms with van der Waals surface area (Å²) in [5.74, 6) is 1.96. The third kappa shape index (κ3) is 3.23. The molecule has 0 bridgehead atoms. The summed E-state index contributed by atoms with van der Waals surface area (Å²) < 4.78 is 1.05. The normalized spacial score (nSPS) is 16.7. The van der Waals surface area contributed by atoms with Gasteiger partial charge in [0.1, 0.15) is 5.82 Å². The average Bonchev–Trinajstić information content (AvgIpc) is 3.19. The van der Waals surface area contributed by atoms with E-state index in [9.17, 15) is 0 Å². The molecule has 0 aliphatic heterocycles. The van der Waals surface area contributed by atoms with Crippen LogP contribution in [0.1, 0.15) is 32.3 Å². The van der Waals surface area contributed by atoms with Gasteiger partial charge in [-0.1, -0.05) is 6.92 Å². The second-order valence-corrected chi connectivity index (χ2v) is 6.02. The maximum absolute atomic E-state index is 4.60. The van der Waals surface area contributed by atoms with Crippen LogP contribution in [0.5, 0.6) is 0 Å². The Kier molecular flexibility index (Phi) is 4.62. The van der Waals surface area contributed by atoms with Gasteiger partial charge in [-0.3, -0.25) is 0 Å². The summed E-state index contributed by atoms with van der Waals surface area (Å²) in [6.45, 7) is 6.29. The third-order valence-electron chi connectivity index (χ3n) is 3.72. The molecule has 0 saturated heterocycles. The predicted molar refractivity (Wildman–Crippen MR) is 79.9 cm³/mol. The first kappa shape index (κ1) is 13.8. The zero-order valence-corrected chi connectivity index (χ0v) is 13.0. The Balaban J connectivity index is 2.18. The molecule has 1 aromatic heterocycles. The van der Waals surface area contributed by atoms with Crippen molar-refractivity contribution in [3.63, 3.8) is 0 Å². The minimum atomic E-state index is 0.582. The van der Waals surface area contributed by atoms with Crippen molar-refractivity contribution in [2.75, 3.05) is 18.5 Å². The van der Waals surface area contributed by atoms with Gasteiger partial charge in [0.05, 0.1) is 0 Å². The molecule has 2 rings (SSSR count). The Labute approximate surface area is 118 Å². The van der Waals surface area contributed by atoms with Crippen LogP contribution in [0.25, 0.3) is 0 Å². The highest BCUT2D eigenvalue weighted by molar-refractivity contribution is 9.10. The van der Waals surface area contributed by atoms with Gasteiger partial charge in [0.15, 0.2) is 0 Å². The van der Waals surface area contributed by atoms with Crippen molar-refractivity contribution in [3.8, 4) is 0 Å². The third-order valence-corrected chi connectivity index (χ3v) is 4.16. The number of rotatable bonds is 6. The molecule has 100 valence electrons. The van der Waals surface area contributed by atoms with E-state index < -0.39 is 0 Å². The number of anilines is 1. The van der Waals surface area contributed by atoms with Crippen molar-refractivity contribution in [1.82, 2.24) is 10.3 Å². The van der Waals surface area contributed by atoms with Gasteiger partial charge < -0.3 is 10.2 Å². The lowest BCUT2D eigenvalue weighted by molar-refractivity contribution is 0.599. The molecule has 0 aromatic carbocycles. The number of hydrogen-bond acceptors (Lipinski definition) is 3. The summed E-state index contributed by atoms with van der Waals surface area (Å²) in [6, 6.07) is 2.75. The predicted octanol–water partition coefficient (Wildman–Crippen LogP) is 3.19. The molecule has 0 radical (unpaired) electrons. The van der Waals surface area contributed by atoms with E-state index in [0.29, 0.717) is 6.04 Å². The number of pyridine rings is 1. The Morgan fingerprint density at radius 2 is 2.28 bits per heavy atom. The van der Waals surface area contributed by atoms with Crippen LogP contribution in [-0.2, 0) is 6.54 Å². The van der Waals surface area contributed by atoms with Crippen LogP contribution in [0.3, 0.4) is 0 Å². The molecule has 0 amide bonds. The molecule has 1 N–H and O–H groups in total. The summed E-state index contributed by atoms with van der Waals surface area (Å²) in [4.78, 5) is 6.93. The van der Waals surface area contributed by atoms with Crippen molar-refractivity contribution >= 4 is 21.7 Å². The maximum atomic E-state index is 4.60. The Morgan fingerprint density at radius 3 is 2.89 bits per heavy atom. The Hall–Kier alpha value is -0.610. The maximum Gasteiger partial charge on any atom is 0.133 e. The van der Waals surface area contributed by atoms with Gasteiger partial charge in [0.25, 0.3) is 0 Å². The summed E-state index contributed by atoms with van der Waals surface area (Å²) >= 11 is 3.51. The van der Waals surface area contributed by atoms with Gasteiger partial charge >= 0.3 is 0 Å². The van der Waals surface area contributed by atoms with Crippen molar-refractivity contribution in [1.29, 1.82) is 0 Å². The summed E-state index contributed by atoms with van der Waals surface area (Å²) in [7, 11) is 2.16. The van der Waals surface area contributed by atoms with Crippen LogP contribution in [0.15, 0.2) is 16.7 Å². The van der Waals surface area contributed by atoms with Crippen LogP contribution in [0.2, 0.25) is 0 Å². The van der Waals surface area contributed by atoms with Gasteiger partial charge in [0.2, 0.25) is 0 Å². The molecule has 18 heavy (non-hydrogen) atoms. The lowest BCUT2D eigenvalue weighted by Gasteiger charge is -2.28. The molecular formula is C14H22BrN3. The summed E-state index contributed by atoms with van der Waals surface area (Å²) in [6.07, 6.45) is 4.62. The number of nitrogens with zero attached hydrogens (tertiary/aromatic N) is 2. The van der Waals surface area contributed by atoms with Crippen molar-refractivity contribution in [2.24, 2.45) is 5.92 Å². The monoisotopic (exact) mass is 311 g/mol. The first-order valence-electron chi connectivity index (χ1n) is 6.71. The fraction of sp³-hybridized carbons (Fsp3) is 0.643. The second-order valence-electron chi connectivity index (χ2n) is 5.11. The van der Waals surface area contributed by atoms with Crippen molar-refractivity contribution in [2.45, 2.75) is 39.3 Å². The van der Waals surface area contributed by atoms with Crippen molar-refractivity contribution in [3.05, 3.63) is 22.3 Å². The molecule has 1 fully saturated rings. The number of aromatic nitrogens is 1. The SMILES string of the molecule is CCNCc1cc(Br)cnc1N(C)C(C)C1CC1.